The van der Waals surface area contributed by atoms with Crippen molar-refractivity contribution in [1.82, 2.24) is 19.1 Å². The molecule has 30 heavy (non-hydrogen) atoms. The average molecular weight is 426 g/mol. The second-order valence-electron chi connectivity index (χ2n) is 7.22. The maximum absolute atomic E-state index is 12.8. The Balaban J connectivity index is 1.36. The van der Waals surface area contributed by atoms with Crippen LogP contribution in [0.2, 0.25) is 0 Å². The summed E-state index contributed by atoms with van der Waals surface area (Å²) >= 11 is 0. The molecule has 8 nitrogen and oxygen atoms in total. The van der Waals surface area contributed by atoms with E-state index in [-0.39, 0.29) is 16.7 Å². The first kappa shape index (κ1) is 20.2. The van der Waals surface area contributed by atoms with Gasteiger partial charge < -0.3 is 5.32 Å². The number of nitrogens with one attached hydrogen (secondary N) is 1. The summed E-state index contributed by atoms with van der Waals surface area (Å²) in [6, 6.07) is 14.8. The summed E-state index contributed by atoms with van der Waals surface area (Å²) < 4.78 is 28.6. The van der Waals surface area contributed by atoms with Gasteiger partial charge in [-0.15, -0.1) is 0 Å². The summed E-state index contributed by atoms with van der Waals surface area (Å²) in [6.45, 7) is 1.17. The molecule has 1 saturated heterocycles. The Morgan fingerprint density at radius 1 is 1.03 bits per heavy atom. The summed E-state index contributed by atoms with van der Waals surface area (Å²) in [4.78, 5) is 16.8. The molecule has 0 aliphatic carbocycles. The van der Waals surface area contributed by atoms with Gasteiger partial charge in [-0.05, 0) is 30.5 Å². The van der Waals surface area contributed by atoms with Crippen molar-refractivity contribution in [3.05, 3.63) is 72.7 Å². The van der Waals surface area contributed by atoms with Gasteiger partial charge in [-0.1, -0.05) is 30.3 Å². The fourth-order valence-corrected chi connectivity index (χ4v) is 4.99. The lowest BCUT2D eigenvalue weighted by atomic mass is 9.97. The SMILES string of the molecule is O=C(Nc1ccnn1Cc1ccccc1)C1CCN(S(=O)(=O)c2cccnc2)CC1. The van der Waals surface area contributed by atoms with Crippen LogP contribution in [0.5, 0.6) is 0 Å². The molecule has 0 atom stereocenters. The Morgan fingerprint density at radius 3 is 2.50 bits per heavy atom. The van der Waals surface area contributed by atoms with Gasteiger partial charge in [-0.2, -0.15) is 9.40 Å². The highest BCUT2D eigenvalue weighted by atomic mass is 32.2. The van der Waals surface area contributed by atoms with Crippen LogP contribution < -0.4 is 5.32 Å². The van der Waals surface area contributed by atoms with E-state index in [0.29, 0.717) is 38.3 Å². The Kier molecular flexibility index (Phi) is 5.91. The number of anilines is 1. The number of hydrogen-bond donors (Lipinski definition) is 1. The zero-order valence-electron chi connectivity index (χ0n) is 16.4. The summed E-state index contributed by atoms with van der Waals surface area (Å²) in [5, 5.41) is 7.25. The van der Waals surface area contributed by atoms with Crippen LogP contribution in [0, 0.1) is 5.92 Å². The highest BCUT2D eigenvalue weighted by Gasteiger charge is 2.32. The van der Waals surface area contributed by atoms with Crippen LogP contribution in [0.4, 0.5) is 5.82 Å². The van der Waals surface area contributed by atoms with Gasteiger partial charge in [0.15, 0.2) is 0 Å². The predicted molar refractivity (Wildman–Crippen MR) is 112 cm³/mol. The molecular weight excluding hydrogens is 402 g/mol. The predicted octanol–water partition coefficient (Wildman–Crippen LogP) is 2.37. The molecule has 156 valence electrons. The first-order valence-electron chi connectivity index (χ1n) is 9.81. The third kappa shape index (κ3) is 4.42. The molecule has 1 fully saturated rings. The quantitative estimate of drug-likeness (QED) is 0.654. The van der Waals surface area contributed by atoms with Crippen LogP contribution >= 0.6 is 0 Å². The lowest BCUT2D eigenvalue weighted by molar-refractivity contribution is -0.121. The van der Waals surface area contributed by atoms with Crippen LogP contribution in [0.25, 0.3) is 0 Å². The van der Waals surface area contributed by atoms with Crippen molar-refractivity contribution >= 4 is 21.7 Å². The fourth-order valence-electron chi connectivity index (χ4n) is 3.56. The van der Waals surface area contributed by atoms with E-state index in [1.54, 1.807) is 23.0 Å². The summed E-state index contributed by atoms with van der Waals surface area (Å²) in [7, 11) is -3.58. The van der Waals surface area contributed by atoms with Gasteiger partial charge in [-0.3, -0.25) is 9.78 Å². The molecule has 0 unspecified atom stereocenters. The third-order valence-corrected chi connectivity index (χ3v) is 7.12. The number of benzene rings is 1. The van der Waals surface area contributed by atoms with Crippen LogP contribution in [-0.4, -0.2) is 46.5 Å². The topological polar surface area (TPSA) is 97.2 Å². The second-order valence-corrected chi connectivity index (χ2v) is 9.15. The van der Waals surface area contributed by atoms with Gasteiger partial charge in [0.1, 0.15) is 10.7 Å². The molecule has 0 radical (unpaired) electrons. The molecule has 0 spiro atoms. The van der Waals surface area contributed by atoms with Crippen molar-refractivity contribution in [2.45, 2.75) is 24.3 Å². The van der Waals surface area contributed by atoms with E-state index in [9.17, 15) is 13.2 Å². The smallest absolute Gasteiger partial charge is 0.244 e. The molecule has 1 aliphatic rings. The monoisotopic (exact) mass is 425 g/mol. The highest BCUT2D eigenvalue weighted by Crippen LogP contribution is 2.24. The van der Waals surface area contributed by atoms with E-state index in [4.69, 9.17) is 0 Å². The lowest BCUT2D eigenvalue weighted by Crippen LogP contribution is -2.41. The van der Waals surface area contributed by atoms with E-state index >= 15 is 0 Å². The fraction of sp³-hybridized carbons (Fsp3) is 0.286. The van der Waals surface area contributed by atoms with Gasteiger partial charge in [0.25, 0.3) is 0 Å². The van der Waals surface area contributed by atoms with E-state index in [2.05, 4.69) is 15.4 Å². The Morgan fingerprint density at radius 2 is 1.80 bits per heavy atom. The number of carbonyl (C=O) groups excluding carboxylic acids is 1. The Labute approximate surface area is 175 Å². The first-order valence-corrected chi connectivity index (χ1v) is 11.2. The van der Waals surface area contributed by atoms with Crippen molar-refractivity contribution in [2.24, 2.45) is 5.92 Å². The number of sulfonamides is 1. The molecular formula is C21H23N5O3S. The van der Waals surface area contributed by atoms with E-state index in [1.807, 2.05) is 30.3 Å². The van der Waals surface area contributed by atoms with Crippen molar-refractivity contribution in [1.29, 1.82) is 0 Å². The van der Waals surface area contributed by atoms with Crippen molar-refractivity contribution in [3.8, 4) is 0 Å². The minimum atomic E-state index is -3.58. The molecule has 1 aromatic carbocycles. The number of piperidine rings is 1. The molecule has 3 heterocycles. The summed E-state index contributed by atoms with van der Waals surface area (Å²) in [6.07, 6.45) is 5.48. The molecule has 0 bridgehead atoms. The number of carbonyl (C=O) groups is 1. The zero-order chi connectivity index (χ0) is 21.0. The molecule has 1 aliphatic heterocycles. The third-order valence-electron chi connectivity index (χ3n) is 5.24. The number of amides is 1. The van der Waals surface area contributed by atoms with Crippen molar-refractivity contribution in [3.63, 3.8) is 0 Å². The molecule has 3 aromatic rings. The Hall–Kier alpha value is -3.04. The number of nitrogens with zero attached hydrogens (tertiary/aromatic N) is 4. The van der Waals surface area contributed by atoms with E-state index < -0.39 is 10.0 Å². The standard InChI is InChI=1S/C21H23N5O3S/c27-21(24-20-8-12-23-26(20)16-17-5-2-1-3-6-17)18-9-13-25(14-10-18)30(28,29)19-7-4-11-22-15-19/h1-8,11-12,15,18H,9-10,13-14,16H2,(H,24,27). The molecule has 1 amide bonds. The van der Waals surface area contributed by atoms with Crippen LogP contribution in [0.3, 0.4) is 0 Å². The van der Waals surface area contributed by atoms with Gasteiger partial charge in [0.05, 0.1) is 12.7 Å². The highest BCUT2D eigenvalue weighted by molar-refractivity contribution is 7.89. The first-order chi connectivity index (χ1) is 14.5. The summed E-state index contributed by atoms with van der Waals surface area (Å²) in [5.74, 6) is 0.280. The number of hydrogen-bond acceptors (Lipinski definition) is 5. The van der Waals surface area contributed by atoms with Gasteiger partial charge in [0, 0.05) is 37.5 Å². The zero-order valence-corrected chi connectivity index (χ0v) is 17.2. The maximum atomic E-state index is 12.8. The van der Waals surface area contributed by atoms with Crippen molar-refractivity contribution < 1.29 is 13.2 Å². The van der Waals surface area contributed by atoms with E-state index in [1.165, 1.54) is 22.8 Å². The van der Waals surface area contributed by atoms with Crippen LogP contribution in [-0.2, 0) is 21.4 Å². The number of rotatable bonds is 6. The van der Waals surface area contributed by atoms with Gasteiger partial charge >= 0.3 is 0 Å². The minimum absolute atomic E-state index is 0.108. The van der Waals surface area contributed by atoms with E-state index in [0.717, 1.165) is 5.56 Å². The molecule has 1 N–H and O–H groups in total. The molecule has 9 heteroatoms. The largest absolute Gasteiger partial charge is 0.311 e. The van der Waals surface area contributed by atoms with Crippen molar-refractivity contribution in [2.75, 3.05) is 18.4 Å². The Bertz CT molecular complexity index is 1090. The van der Waals surface area contributed by atoms with Gasteiger partial charge in [-0.25, -0.2) is 13.1 Å². The van der Waals surface area contributed by atoms with Gasteiger partial charge in [0.2, 0.25) is 15.9 Å². The normalized spacial score (nSPS) is 15.7. The maximum Gasteiger partial charge on any atom is 0.244 e. The minimum Gasteiger partial charge on any atom is -0.311 e. The molecule has 0 saturated carbocycles. The summed E-state index contributed by atoms with van der Waals surface area (Å²) in [5.41, 5.74) is 1.09. The lowest BCUT2D eigenvalue weighted by Gasteiger charge is -2.30. The number of aromatic nitrogens is 3. The second kappa shape index (κ2) is 8.76. The average Bonchev–Trinajstić information content (AvgIpc) is 3.21. The van der Waals surface area contributed by atoms with Crippen LogP contribution in [0.15, 0.2) is 72.0 Å². The van der Waals surface area contributed by atoms with Crippen LogP contribution in [0.1, 0.15) is 18.4 Å². The molecule has 2 aromatic heterocycles. The number of pyridine rings is 1. The molecule has 4 rings (SSSR count).